The van der Waals surface area contributed by atoms with E-state index in [1.807, 2.05) is 17.4 Å². The van der Waals surface area contributed by atoms with E-state index in [-0.39, 0.29) is 0 Å². The lowest BCUT2D eigenvalue weighted by Crippen LogP contribution is -1.72. The number of aryl methyl sites for hydroxylation is 1. The third-order valence-electron chi connectivity index (χ3n) is 1.61. The van der Waals surface area contributed by atoms with Gasteiger partial charge in [-0.15, -0.1) is 22.7 Å². The van der Waals surface area contributed by atoms with Crippen molar-refractivity contribution in [1.29, 1.82) is 0 Å². The van der Waals surface area contributed by atoms with Crippen LogP contribution in [-0.2, 0) is 0 Å². The molecule has 12 heavy (non-hydrogen) atoms. The maximum atomic E-state index is 5.65. The fraction of sp³-hybridized carbons (Fsp3) is 0.111. The Kier molecular flexibility index (Phi) is 1.90. The summed E-state index contributed by atoms with van der Waals surface area (Å²) in [7, 11) is 0. The van der Waals surface area contributed by atoms with Crippen molar-refractivity contribution in [2.24, 2.45) is 0 Å². The molecule has 0 aromatic carbocycles. The lowest BCUT2D eigenvalue weighted by atomic mass is 10.4. The van der Waals surface area contributed by atoms with Gasteiger partial charge in [-0.2, -0.15) is 0 Å². The van der Waals surface area contributed by atoms with Crippen LogP contribution in [-0.4, -0.2) is 0 Å². The second-order valence-electron chi connectivity index (χ2n) is 2.61. The maximum Gasteiger partial charge on any atom is 0.0863 e. The van der Waals surface area contributed by atoms with Crippen LogP contribution in [0.3, 0.4) is 0 Å². The fourth-order valence-corrected chi connectivity index (χ4v) is 2.78. The average molecular weight is 195 g/mol. The van der Waals surface area contributed by atoms with Gasteiger partial charge in [0.05, 0.1) is 5.00 Å². The Morgan fingerprint density at radius 2 is 1.67 bits per heavy atom. The molecule has 62 valence electrons. The van der Waals surface area contributed by atoms with Gasteiger partial charge in [0, 0.05) is 14.6 Å². The third-order valence-corrected chi connectivity index (χ3v) is 3.72. The highest BCUT2D eigenvalue weighted by atomic mass is 32.1. The van der Waals surface area contributed by atoms with Gasteiger partial charge in [-0.05, 0) is 31.2 Å². The van der Waals surface area contributed by atoms with Crippen LogP contribution in [0.5, 0.6) is 0 Å². The van der Waals surface area contributed by atoms with Crippen molar-refractivity contribution in [3.05, 3.63) is 29.1 Å². The Labute approximate surface area is 79.5 Å². The standard InChI is InChI=1S/C9H9NS2/c1-6-2-3-7(11-6)8-4-5-9(10)12-8/h2-5H,10H2,1H3. The molecule has 0 atom stereocenters. The summed E-state index contributed by atoms with van der Waals surface area (Å²) in [4.78, 5) is 3.93. The summed E-state index contributed by atoms with van der Waals surface area (Å²) >= 11 is 3.45. The number of hydrogen-bond acceptors (Lipinski definition) is 3. The molecule has 0 aliphatic carbocycles. The van der Waals surface area contributed by atoms with Crippen LogP contribution in [0.2, 0.25) is 0 Å². The van der Waals surface area contributed by atoms with E-state index in [0.29, 0.717) is 0 Å². The molecule has 2 N–H and O–H groups in total. The number of rotatable bonds is 1. The van der Waals surface area contributed by atoms with Gasteiger partial charge in [0.15, 0.2) is 0 Å². The zero-order chi connectivity index (χ0) is 8.55. The Morgan fingerprint density at radius 3 is 2.17 bits per heavy atom. The predicted molar refractivity (Wildman–Crippen MR) is 56.8 cm³/mol. The fourth-order valence-electron chi connectivity index (χ4n) is 1.05. The van der Waals surface area contributed by atoms with Gasteiger partial charge in [0.2, 0.25) is 0 Å². The molecule has 0 aliphatic heterocycles. The minimum absolute atomic E-state index is 0.885. The SMILES string of the molecule is Cc1ccc(-c2ccc(N)s2)s1. The third kappa shape index (κ3) is 1.38. The number of nitrogens with two attached hydrogens (primary N) is 1. The molecule has 0 saturated heterocycles. The summed E-state index contributed by atoms with van der Waals surface area (Å²) < 4.78 is 0. The van der Waals surface area contributed by atoms with Gasteiger partial charge in [-0.3, -0.25) is 0 Å². The van der Waals surface area contributed by atoms with Crippen molar-refractivity contribution >= 4 is 27.7 Å². The minimum Gasteiger partial charge on any atom is -0.391 e. The molecule has 0 radical (unpaired) electrons. The largest absolute Gasteiger partial charge is 0.391 e. The van der Waals surface area contributed by atoms with Crippen molar-refractivity contribution in [2.45, 2.75) is 6.92 Å². The topological polar surface area (TPSA) is 26.0 Å². The molecule has 1 nitrogen and oxygen atoms in total. The minimum atomic E-state index is 0.885. The summed E-state index contributed by atoms with van der Waals surface area (Å²) in [6, 6.07) is 8.31. The second kappa shape index (κ2) is 2.92. The van der Waals surface area contributed by atoms with Gasteiger partial charge in [0.25, 0.3) is 0 Å². The Hall–Kier alpha value is -0.800. The summed E-state index contributed by atoms with van der Waals surface area (Å²) in [5.74, 6) is 0. The molecule has 2 heterocycles. The lowest BCUT2D eigenvalue weighted by Gasteiger charge is -1.86. The van der Waals surface area contributed by atoms with Crippen molar-refractivity contribution in [3.63, 3.8) is 0 Å². The molecule has 2 aromatic rings. The van der Waals surface area contributed by atoms with Crippen LogP contribution in [0.1, 0.15) is 4.88 Å². The maximum absolute atomic E-state index is 5.65. The van der Waals surface area contributed by atoms with Crippen molar-refractivity contribution < 1.29 is 0 Å². The highest BCUT2D eigenvalue weighted by Gasteiger charge is 2.02. The molecule has 0 saturated carbocycles. The highest BCUT2D eigenvalue weighted by molar-refractivity contribution is 7.24. The number of anilines is 1. The molecular weight excluding hydrogens is 186 g/mol. The smallest absolute Gasteiger partial charge is 0.0863 e. The summed E-state index contributed by atoms with van der Waals surface area (Å²) in [5, 5.41) is 0.885. The van der Waals surface area contributed by atoms with E-state index in [1.165, 1.54) is 14.6 Å². The first-order chi connectivity index (χ1) is 5.75. The van der Waals surface area contributed by atoms with Gasteiger partial charge in [0.1, 0.15) is 0 Å². The van der Waals surface area contributed by atoms with Gasteiger partial charge in [-0.25, -0.2) is 0 Å². The quantitative estimate of drug-likeness (QED) is 0.741. The number of thiophene rings is 2. The summed E-state index contributed by atoms with van der Waals surface area (Å²) in [6.45, 7) is 2.12. The van der Waals surface area contributed by atoms with Crippen LogP contribution in [0, 0.1) is 6.92 Å². The molecule has 2 aromatic heterocycles. The summed E-state index contributed by atoms with van der Waals surface area (Å²) in [6.07, 6.45) is 0. The van der Waals surface area contributed by atoms with E-state index in [4.69, 9.17) is 5.73 Å². The molecule has 0 amide bonds. The van der Waals surface area contributed by atoms with E-state index in [0.717, 1.165) is 5.00 Å². The van der Waals surface area contributed by atoms with Crippen molar-refractivity contribution in [3.8, 4) is 9.75 Å². The van der Waals surface area contributed by atoms with Gasteiger partial charge < -0.3 is 5.73 Å². The van der Waals surface area contributed by atoms with Crippen molar-refractivity contribution in [2.75, 3.05) is 5.73 Å². The average Bonchev–Trinajstić information content (AvgIpc) is 2.58. The Morgan fingerprint density at radius 1 is 1.00 bits per heavy atom. The number of nitrogen functional groups attached to an aromatic ring is 1. The zero-order valence-electron chi connectivity index (χ0n) is 6.70. The van der Waals surface area contributed by atoms with Crippen LogP contribution < -0.4 is 5.73 Å². The molecule has 2 rings (SSSR count). The molecular formula is C9H9NS2. The van der Waals surface area contributed by atoms with E-state index in [1.54, 1.807) is 11.3 Å². The van der Waals surface area contributed by atoms with Crippen LogP contribution in [0.15, 0.2) is 24.3 Å². The predicted octanol–water partition coefficient (Wildman–Crippen LogP) is 3.37. The second-order valence-corrected chi connectivity index (χ2v) is 5.02. The molecule has 3 heteroatoms. The molecule has 0 bridgehead atoms. The van der Waals surface area contributed by atoms with Crippen LogP contribution in [0.4, 0.5) is 5.00 Å². The van der Waals surface area contributed by atoms with Gasteiger partial charge in [-0.1, -0.05) is 0 Å². The van der Waals surface area contributed by atoms with Crippen LogP contribution >= 0.6 is 22.7 Å². The normalized spacial score (nSPS) is 10.4. The molecule has 0 aliphatic rings. The monoisotopic (exact) mass is 195 g/mol. The van der Waals surface area contributed by atoms with Crippen LogP contribution in [0.25, 0.3) is 9.75 Å². The van der Waals surface area contributed by atoms with E-state index in [9.17, 15) is 0 Å². The molecule has 0 spiro atoms. The van der Waals surface area contributed by atoms with E-state index in [2.05, 4.69) is 25.1 Å². The number of hydrogen-bond donors (Lipinski definition) is 1. The van der Waals surface area contributed by atoms with Crippen molar-refractivity contribution in [1.82, 2.24) is 0 Å². The van der Waals surface area contributed by atoms with E-state index < -0.39 is 0 Å². The Bertz CT molecular complexity index is 348. The first-order valence-corrected chi connectivity index (χ1v) is 5.31. The summed E-state index contributed by atoms with van der Waals surface area (Å²) in [5.41, 5.74) is 5.65. The first kappa shape index (κ1) is 7.83. The highest BCUT2D eigenvalue weighted by Crippen LogP contribution is 2.33. The van der Waals surface area contributed by atoms with Gasteiger partial charge >= 0.3 is 0 Å². The molecule has 0 unspecified atom stereocenters. The molecule has 0 fully saturated rings. The van der Waals surface area contributed by atoms with E-state index >= 15 is 0 Å². The lowest BCUT2D eigenvalue weighted by molar-refractivity contribution is 1.64. The first-order valence-electron chi connectivity index (χ1n) is 3.68. The zero-order valence-corrected chi connectivity index (χ0v) is 8.34. The Balaban J connectivity index is 2.43.